The molecule has 6 nitrogen and oxygen atoms in total. The van der Waals surface area contributed by atoms with Crippen LogP contribution < -0.4 is 10.2 Å². The molecule has 3 aromatic rings. The van der Waals surface area contributed by atoms with Crippen molar-refractivity contribution in [2.75, 3.05) is 16.8 Å². The lowest BCUT2D eigenvalue weighted by Gasteiger charge is -2.15. The molecule has 4 rings (SSSR count). The van der Waals surface area contributed by atoms with Crippen LogP contribution in [-0.2, 0) is 4.79 Å². The summed E-state index contributed by atoms with van der Waals surface area (Å²) in [6.07, 6.45) is 0.357. The smallest absolute Gasteiger partial charge is 0.257 e. The molecule has 1 N–H and O–H groups in total. The Labute approximate surface area is 158 Å². The van der Waals surface area contributed by atoms with Gasteiger partial charge in [0.2, 0.25) is 11.0 Å². The molecule has 2 amide bonds. The minimum atomic E-state index is -0.404. The molecule has 0 bridgehead atoms. The molecule has 0 aliphatic carbocycles. The lowest BCUT2D eigenvalue weighted by atomic mass is 10.1. The van der Waals surface area contributed by atoms with E-state index in [-0.39, 0.29) is 17.7 Å². The van der Waals surface area contributed by atoms with Crippen LogP contribution in [0.15, 0.2) is 54.6 Å². The first-order valence-electron chi connectivity index (χ1n) is 8.36. The summed E-state index contributed by atoms with van der Waals surface area (Å²) >= 11 is 1.25. The fraction of sp³-hybridized carbons (Fsp3) is 0.158. The highest BCUT2D eigenvalue weighted by atomic mass is 32.1. The Morgan fingerprint density at radius 2 is 1.85 bits per heavy atom. The largest absolute Gasteiger partial charge is 0.312 e. The molecule has 1 aromatic heterocycles. The number of para-hydroxylation sites is 1. The van der Waals surface area contributed by atoms with Crippen molar-refractivity contribution in [3.63, 3.8) is 0 Å². The fourth-order valence-corrected chi connectivity index (χ4v) is 3.78. The number of anilines is 2. The maximum atomic E-state index is 13.0. The summed E-state index contributed by atoms with van der Waals surface area (Å²) in [5.41, 5.74) is 1.19. The molecule has 0 radical (unpaired) electrons. The van der Waals surface area contributed by atoms with Gasteiger partial charge in [0.15, 0.2) is 0 Å². The second-order valence-electron chi connectivity index (χ2n) is 6.15. The van der Waals surface area contributed by atoms with E-state index in [0.717, 1.165) is 5.69 Å². The number of amides is 2. The third kappa shape index (κ3) is 3.70. The van der Waals surface area contributed by atoms with Gasteiger partial charge in [-0.25, -0.2) is 4.39 Å². The number of aromatic nitrogens is 2. The molecule has 136 valence electrons. The van der Waals surface area contributed by atoms with Crippen LogP contribution in [0.25, 0.3) is 0 Å². The third-order valence-corrected chi connectivity index (χ3v) is 5.31. The maximum Gasteiger partial charge on any atom is 0.257 e. The van der Waals surface area contributed by atoms with Crippen LogP contribution in [0, 0.1) is 5.82 Å². The van der Waals surface area contributed by atoms with E-state index in [1.165, 1.54) is 35.6 Å². The van der Waals surface area contributed by atoms with Gasteiger partial charge in [-0.1, -0.05) is 29.5 Å². The number of hydrogen-bond acceptors (Lipinski definition) is 5. The number of nitrogens with one attached hydrogen (secondary N) is 1. The molecule has 1 unspecified atom stereocenters. The van der Waals surface area contributed by atoms with E-state index in [4.69, 9.17) is 0 Å². The highest BCUT2D eigenvalue weighted by molar-refractivity contribution is 7.15. The van der Waals surface area contributed by atoms with Crippen molar-refractivity contribution in [2.45, 2.75) is 12.3 Å². The summed E-state index contributed by atoms with van der Waals surface area (Å²) < 4.78 is 13.0. The topological polar surface area (TPSA) is 75.2 Å². The van der Waals surface area contributed by atoms with Crippen molar-refractivity contribution in [3.05, 3.63) is 71.0 Å². The maximum absolute atomic E-state index is 13.0. The van der Waals surface area contributed by atoms with Crippen LogP contribution in [0.3, 0.4) is 0 Å². The van der Waals surface area contributed by atoms with Gasteiger partial charge in [-0.2, -0.15) is 0 Å². The van der Waals surface area contributed by atoms with Gasteiger partial charge in [-0.3, -0.25) is 14.9 Å². The number of hydrogen-bond donors (Lipinski definition) is 1. The van der Waals surface area contributed by atoms with Crippen LogP contribution in [0.2, 0.25) is 0 Å². The standard InChI is InChI=1S/C19H15FN4O2S/c20-14-8-6-12(7-9-14)17(26)21-19-23-22-18(27-19)13-10-16(25)24(11-13)15-4-2-1-3-5-15/h1-9,13H,10-11H2,(H,21,23,26). The second-order valence-corrected chi connectivity index (χ2v) is 7.16. The molecular formula is C19H15FN4O2S. The van der Waals surface area contributed by atoms with Gasteiger partial charge >= 0.3 is 0 Å². The van der Waals surface area contributed by atoms with Gasteiger partial charge < -0.3 is 4.90 Å². The number of carbonyl (C=O) groups is 2. The summed E-state index contributed by atoms with van der Waals surface area (Å²) in [5.74, 6) is -0.810. The van der Waals surface area contributed by atoms with Gasteiger partial charge in [0, 0.05) is 30.1 Å². The molecule has 1 aliphatic heterocycles. The van der Waals surface area contributed by atoms with E-state index in [1.54, 1.807) is 4.90 Å². The molecule has 8 heteroatoms. The van der Waals surface area contributed by atoms with Gasteiger partial charge in [0.05, 0.1) is 0 Å². The first kappa shape index (κ1) is 17.3. The summed E-state index contributed by atoms with van der Waals surface area (Å²) in [6, 6.07) is 14.7. The molecule has 1 aliphatic rings. The van der Waals surface area contributed by atoms with Crippen LogP contribution in [0.1, 0.15) is 27.7 Å². The minimum Gasteiger partial charge on any atom is -0.312 e. The Kier molecular flexibility index (Phi) is 4.64. The minimum absolute atomic E-state index is 0.0401. The summed E-state index contributed by atoms with van der Waals surface area (Å²) in [7, 11) is 0. The van der Waals surface area contributed by atoms with Crippen molar-refractivity contribution in [3.8, 4) is 0 Å². The van der Waals surface area contributed by atoms with Crippen LogP contribution >= 0.6 is 11.3 Å². The molecule has 1 atom stereocenters. The predicted molar refractivity (Wildman–Crippen MR) is 100 cm³/mol. The van der Waals surface area contributed by atoms with Crippen molar-refractivity contribution in [1.82, 2.24) is 10.2 Å². The number of carbonyl (C=O) groups excluding carboxylic acids is 2. The number of halogens is 1. The van der Waals surface area contributed by atoms with Crippen LogP contribution in [0.5, 0.6) is 0 Å². The lowest BCUT2D eigenvalue weighted by molar-refractivity contribution is -0.117. The molecule has 1 fully saturated rings. The van der Waals surface area contributed by atoms with E-state index < -0.39 is 5.82 Å². The van der Waals surface area contributed by atoms with Gasteiger partial charge in [-0.15, -0.1) is 10.2 Å². The monoisotopic (exact) mass is 382 g/mol. The van der Waals surface area contributed by atoms with Gasteiger partial charge in [-0.05, 0) is 36.4 Å². The van der Waals surface area contributed by atoms with Crippen LogP contribution in [-0.4, -0.2) is 28.6 Å². The van der Waals surface area contributed by atoms with E-state index in [1.807, 2.05) is 30.3 Å². The first-order chi connectivity index (χ1) is 13.1. The Bertz CT molecular complexity index is 975. The van der Waals surface area contributed by atoms with Crippen molar-refractivity contribution >= 4 is 34.0 Å². The summed E-state index contributed by atoms with van der Waals surface area (Å²) in [6.45, 7) is 0.531. The summed E-state index contributed by atoms with van der Waals surface area (Å²) in [5, 5.41) is 11.9. The Morgan fingerprint density at radius 1 is 1.11 bits per heavy atom. The lowest BCUT2D eigenvalue weighted by Crippen LogP contribution is -2.24. The quantitative estimate of drug-likeness (QED) is 0.750. The molecular weight excluding hydrogens is 367 g/mol. The molecule has 27 heavy (non-hydrogen) atoms. The normalized spacial score (nSPS) is 16.6. The van der Waals surface area contributed by atoms with E-state index >= 15 is 0 Å². The predicted octanol–water partition coefficient (Wildman–Crippen LogP) is 3.45. The molecule has 0 spiro atoms. The number of rotatable bonds is 4. The zero-order valence-corrected chi connectivity index (χ0v) is 14.9. The van der Waals surface area contributed by atoms with Crippen molar-refractivity contribution in [1.29, 1.82) is 0 Å². The van der Waals surface area contributed by atoms with Gasteiger partial charge in [0.25, 0.3) is 5.91 Å². The average molecular weight is 382 g/mol. The van der Waals surface area contributed by atoms with E-state index in [0.29, 0.717) is 28.7 Å². The highest BCUT2D eigenvalue weighted by Gasteiger charge is 2.33. The SMILES string of the molecule is O=C(Nc1nnc(C2CC(=O)N(c3ccccc3)C2)s1)c1ccc(F)cc1. The van der Waals surface area contributed by atoms with Crippen molar-refractivity contribution in [2.24, 2.45) is 0 Å². The Hall–Kier alpha value is -3.13. The molecule has 2 aromatic carbocycles. The Balaban J connectivity index is 1.44. The highest BCUT2D eigenvalue weighted by Crippen LogP contribution is 2.34. The summed E-state index contributed by atoms with van der Waals surface area (Å²) in [4.78, 5) is 26.3. The Morgan fingerprint density at radius 3 is 2.59 bits per heavy atom. The zero-order chi connectivity index (χ0) is 18.8. The first-order valence-corrected chi connectivity index (χ1v) is 9.17. The molecule has 0 saturated carbocycles. The third-order valence-electron chi connectivity index (χ3n) is 4.31. The van der Waals surface area contributed by atoms with E-state index in [9.17, 15) is 14.0 Å². The van der Waals surface area contributed by atoms with Gasteiger partial charge in [0.1, 0.15) is 10.8 Å². The zero-order valence-electron chi connectivity index (χ0n) is 14.1. The number of benzene rings is 2. The van der Waals surface area contributed by atoms with Crippen molar-refractivity contribution < 1.29 is 14.0 Å². The molecule has 1 saturated heterocycles. The van der Waals surface area contributed by atoms with E-state index in [2.05, 4.69) is 15.5 Å². The average Bonchev–Trinajstić information content (AvgIpc) is 3.29. The van der Waals surface area contributed by atoms with Crippen LogP contribution in [0.4, 0.5) is 15.2 Å². The number of nitrogens with zero attached hydrogens (tertiary/aromatic N) is 3. The molecule has 2 heterocycles. The fourth-order valence-electron chi connectivity index (χ4n) is 2.95. The second kappa shape index (κ2) is 7.24.